The van der Waals surface area contributed by atoms with E-state index in [2.05, 4.69) is 26.8 Å². The summed E-state index contributed by atoms with van der Waals surface area (Å²) < 4.78 is 40.9. The highest BCUT2D eigenvalue weighted by molar-refractivity contribution is 6.31. The van der Waals surface area contributed by atoms with Gasteiger partial charge in [-0.1, -0.05) is 72.3 Å². The fourth-order valence-electron chi connectivity index (χ4n) is 4.30. The van der Waals surface area contributed by atoms with Gasteiger partial charge in [0.25, 0.3) is 0 Å². The van der Waals surface area contributed by atoms with E-state index < -0.39 is 6.36 Å². The Bertz CT molecular complexity index is 1430. The Morgan fingerprint density at radius 1 is 0.789 bits per heavy atom. The van der Waals surface area contributed by atoms with Crippen LogP contribution in [-0.2, 0) is 13.1 Å². The van der Waals surface area contributed by atoms with E-state index >= 15 is 0 Å². The topological polar surface area (TPSA) is 45.3 Å². The Kier molecular flexibility index (Phi) is 9.31. The molecule has 0 radical (unpaired) electrons. The van der Waals surface area contributed by atoms with Crippen LogP contribution in [0.5, 0.6) is 5.75 Å². The lowest BCUT2D eigenvalue weighted by molar-refractivity contribution is -0.274. The molecule has 4 aromatic rings. The van der Waals surface area contributed by atoms with Gasteiger partial charge >= 0.3 is 6.36 Å². The minimum atomic E-state index is -4.69. The van der Waals surface area contributed by atoms with Crippen molar-refractivity contribution in [2.24, 2.45) is 0 Å². The fourth-order valence-corrected chi connectivity index (χ4v) is 4.45. The van der Waals surface area contributed by atoms with Crippen molar-refractivity contribution in [3.8, 4) is 28.0 Å². The van der Waals surface area contributed by atoms with Crippen LogP contribution in [0.1, 0.15) is 22.5 Å². The third-order valence-corrected chi connectivity index (χ3v) is 6.48. The number of aryl methyl sites for hydroxylation is 2. The minimum absolute atomic E-state index is 0. The molecule has 0 fully saturated rings. The van der Waals surface area contributed by atoms with Gasteiger partial charge in [0.15, 0.2) is 0 Å². The van der Waals surface area contributed by atoms with E-state index in [1.165, 1.54) is 12.1 Å². The summed E-state index contributed by atoms with van der Waals surface area (Å²) in [6, 6.07) is 21.9. The minimum Gasteiger partial charge on any atom is -0.406 e. The quantitative estimate of drug-likeness (QED) is 0.248. The molecule has 0 aliphatic rings. The van der Waals surface area contributed by atoms with E-state index in [4.69, 9.17) is 11.6 Å². The number of hydrogen-bond donors (Lipinski definition) is 1. The maximum absolute atomic E-state index is 12.7. The summed E-state index contributed by atoms with van der Waals surface area (Å²) in [5, 5.41) is 0.206. The standard InChI is InChI=1S/C29H26ClF3N2O2.ClH/c1-18-26(28(36)27(30)19(2)34-18)24-12-10-23(11-13-24)22-8-4-20(5-9-22)16-35(3)17-21-6-14-25(15-7-21)37-29(31,32)33;/h4-15H,16-17H2,1-3H3,(H,34,36);1H. The van der Waals surface area contributed by atoms with Gasteiger partial charge < -0.3 is 9.72 Å². The smallest absolute Gasteiger partial charge is 0.406 e. The molecule has 0 aliphatic carbocycles. The largest absolute Gasteiger partial charge is 0.573 e. The Labute approximate surface area is 230 Å². The Morgan fingerprint density at radius 2 is 1.24 bits per heavy atom. The molecule has 9 heteroatoms. The van der Waals surface area contributed by atoms with Crippen molar-refractivity contribution in [1.29, 1.82) is 0 Å². The highest BCUT2D eigenvalue weighted by atomic mass is 35.5. The van der Waals surface area contributed by atoms with Gasteiger partial charge in [0.05, 0.1) is 0 Å². The van der Waals surface area contributed by atoms with Gasteiger partial charge in [-0.3, -0.25) is 9.69 Å². The number of H-pyrrole nitrogens is 1. The first-order chi connectivity index (χ1) is 17.5. The molecule has 200 valence electrons. The van der Waals surface area contributed by atoms with E-state index in [1.807, 2.05) is 50.4 Å². The Balaban J connectivity index is 0.00000400. The third kappa shape index (κ3) is 7.19. The number of halogens is 5. The van der Waals surface area contributed by atoms with Crippen LogP contribution < -0.4 is 10.2 Å². The summed E-state index contributed by atoms with van der Waals surface area (Å²) in [5.74, 6) is -0.230. The highest BCUT2D eigenvalue weighted by Crippen LogP contribution is 2.27. The number of benzene rings is 3. The van der Waals surface area contributed by atoms with Gasteiger partial charge in [0.2, 0.25) is 5.43 Å². The molecule has 0 amide bonds. The van der Waals surface area contributed by atoms with E-state index in [-0.39, 0.29) is 28.6 Å². The molecule has 0 saturated heterocycles. The number of alkyl halides is 3. The Morgan fingerprint density at radius 3 is 1.74 bits per heavy atom. The van der Waals surface area contributed by atoms with Crippen molar-refractivity contribution in [3.63, 3.8) is 0 Å². The zero-order valence-corrected chi connectivity index (χ0v) is 22.6. The maximum atomic E-state index is 12.7. The van der Waals surface area contributed by atoms with Crippen LogP contribution in [0.4, 0.5) is 13.2 Å². The second-order valence-electron chi connectivity index (χ2n) is 9.03. The second-order valence-corrected chi connectivity index (χ2v) is 9.41. The fraction of sp³-hybridized carbons (Fsp3) is 0.207. The molecular formula is C29H27Cl2F3N2O2. The van der Waals surface area contributed by atoms with Gasteiger partial charge in [-0.2, -0.15) is 0 Å². The first kappa shape index (κ1) is 29.3. The summed E-state index contributed by atoms with van der Waals surface area (Å²) in [7, 11) is 1.95. The van der Waals surface area contributed by atoms with E-state index in [1.54, 1.807) is 19.1 Å². The van der Waals surface area contributed by atoms with Crippen molar-refractivity contribution in [2.45, 2.75) is 33.3 Å². The molecule has 4 nitrogen and oxygen atoms in total. The first-order valence-electron chi connectivity index (χ1n) is 11.6. The van der Waals surface area contributed by atoms with Crippen molar-refractivity contribution in [2.75, 3.05) is 7.05 Å². The van der Waals surface area contributed by atoms with Crippen molar-refractivity contribution >= 4 is 24.0 Å². The average Bonchev–Trinajstić information content (AvgIpc) is 2.84. The SMILES string of the molecule is Cc1[nH]c(C)c(-c2ccc(-c3ccc(CN(C)Cc4ccc(OC(F)(F)F)cc4)cc3)cc2)c(=O)c1Cl.Cl. The maximum Gasteiger partial charge on any atom is 0.573 e. The second kappa shape index (κ2) is 12.1. The van der Waals surface area contributed by atoms with Crippen LogP contribution in [0.3, 0.4) is 0 Å². The van der Waals surface area contributed by atoms with E-state index in [9.17, 15) is 18.0 Å². The first-order valence-corrected chi connectivity index (χ1v) is 12.0. The number of hydrogen-bond acceptors (Lipinski definition) is 3. The van der Waals surface area contributed by atoms with Crippen LogP contribution in [0.15, 0.2) is 77.6 Å². The van der Waals surface area contributed by atoms with Crippen LogP contribution in [-0.4, -0.2) is 23.3 Å². The zero-order valence-electron chi connectivity index (χ0n) is 21.0. The van der Waals surface area contributed by atoms with E-state index in [0.29, 0.717) is 24.3 Å². The molecule has 1 N–H and O–H groups in total. The lowest BCUT2D eigenvalue weighted by Crippen LogP contribution is -2.18. The predicted octanol–water partition coefficient (Wildman–Crippen LogP) is 7.93. The van der Waals surface area contributed by atoms with Gasteiger partial charge in [0.1, 0.15) is 10.8 Å². The van der Waals surface area contributed by atoms with Gasteiger partial charge in [0, 0.05) is 30.0 Å². The number of aromatic nitrogens is 1. The molecule has 0 saturated carbocycles. The van der Waals surface area contributed by atoms with Crippen LogP contribution >= 0.6 is 24.0 Å². The summed E-state index contributed by atoms with van der Waals surface area (Å²) in [4.78, 5) is 17.9. The van der Waals surface area contributed by atoms with Gasteiger partial charge in [-0.15, -0.1) is 25.6 Å². The van der Waals surface area contributed by atoms with Crippen molar-refractivity contribution < 1.29 is 17.9 Å². The molecule has 0 bridgehead atoms. The lowest BCUT2D eigenvalue weighted by Gasteiger charge is -2.17. The van der Waals surface area contributed by atoms with Crippen molar-refractivity contribution in [1.82, 2.24) is 9.88 Å². The number of ether oxygens (including phenoxy) is 1. The number of pyridine rings is 1. The Hall–Kier alpha value is -3.26. The van der Waals surface area contributed by atoms with Crippen molar-refractivity contribution in [3.05, 3.63) is 111 Å². The summed E-state index contributed by atoms with van der Waals surface area (Å²) >= 11 is 6.17. The molecule has 1 heterocycles. The molecule has 38 heavy (non-hydrogen) atoms. The van der Waals surface area contributed by atoms with E-state index in [0.717, 1.165) is 33.5 Å². The normalized spacial score (nSPS) is 11.4. The molecular weight excluding hydrogens is 536 g/mol. The molecule has 1 aromatic heterocycles. The molecule has 3 aromatic carbocycles. The molecule has 4 rings (SSSR count). The molecule has 0 atom stereocenters. The number of rotatable bonds is 7. The summed E-state index contributed by atoms with van der Waals surface area (Å²) in [5.41, 5.74) is 6.70. The van der Waals surface area contributed by atoms with Crippen LogP contribution in [0, 0.1) is 13.8 Å². The predicted molar refractivity (Wildman–Crippen MR) is 148 cm³/mol. The molecule has 0 unspecified atom stereocenters. The monoisotopic (exact) mass is 562 g/mol. The van der Waals surface area contributed by atoms with Crippen LogP contribution in [0.2, 0.25) is 5.02 Å². The highest BCUT2D eigenvalue weighted by Gasteiger charge is 2.30. The average molecular weight is 563 g/mol. The number of nitrogens with zero attached hydrogens (tertiary/aromatic N) is 1. The molecule has 0 aliphatic heterocycles. The zero-order chi connectivity index (χ0) is 26.7. The van der Waals surface area contributed by atoms with Crippen LogP contribution in [0.25, 0.3) is 22.3 Å². The number of nitrogens with one attached hydrogen (secondary N) is 1. The third-order valence-electron chi connectivity index (χ3n) is 6.03. The number of aromatic amines is 1. The summed E-state index contributed by atoms with van der Waals surface area (Å²) in [6.07, 6.45) is -4.69. The molecule has 0 spiro atoms. The van der Waals surface area contributed by atoms with Gasteiger partial charge in [-0.25, -0.2) is 0 Å². The van der Waals surface area contributed by atoms with Gasteiger partial charge in [-0.05, 0) is 60.8 Å². The summed E-state index contributed by atoms with van der Waals surface area (Å²) in [6.45, 7) is 4.90. The lowest BCUT2D eigenvalue weighted by atomic mass is 9.98.